The highest BCUT2D eigenvalue weighted by molar-refractivity contribution is 8.26. The molecule has 2 aliphatic rings. The van der Waals surface area contributed by atoms with E-state index in [2.05, 4.69) is 0 Å². The number of nitrogens with zero attached hydrogens (tertiary/aromatic N) is 2. The fourth-order valence-electron chi connectivity index (χ4n) is 3.59. The number of rotatable bonds is 7. The quantitative estimate of drug-likeness (QED) is 0.362. The van der Waals surface area contributed by atoms with E-state index in [1.165, 1.54) is 24.6 Å². The van der Waals surface area contributed by atoms with Gasteiger partial charge in [0.25, 0.3) is 5.91 Å². The van der Waals surface area contributed by atoms with Gasteiger partial charge in [-0.15, -0.1) is 0 Å². The van der Waals surface area contributed by atoms with Crippen LogP contribution in [0.15, 0.2) is 35.2 Å². The average Bonchev–Trinajstić information content (AvgIpc) is 2.89. The van der Waals surface area contributed by atoms with Gasteiger partial charge in [0.1, 0.15) is 4.32 Å². The summed E-state index contributed by atoms with van der Waals surface area (Å²) in [5.41, 5.74) is 1.01. The Hall–Kier alpha value is -1.66. The van der Waals surface area contributed by atoms with Gasteiger partial charge in [0.05, 0.1) is 4.91 Å². The van der Waals surface area contributed by atoms with Crippen molar-refractivity contribution in [3.8, 4) is 0 Å². The molecule has 0 aromatic heterocycles. The monoisotopic (exact) mass is 416 g/mol. The summed E-state index contributed by atoms with van der Waals surface area (Å²) in [6.07, 6.45) is 9.97. The van der Waals surface area contributed by atoms with Crippen molar-refractivity contribution in [2.45, 2.75) is 51.4 Å². The number of thioether (sulfide) groups is 1. The predicted octanol–water partition coefficient (Wildman–Crippen LogP) is 4.85. The Balaban J connectivity index is 1.40. The summed E-state index contributed by atoms with van der Waals surface area (Å²) < 4.78 is 0.632. The fraction of sp³-hybridized carbons (Fsp3) is 0.500. The first kappa shape index (κ1) is 21.1. The topological polar surface area (TPSA) is 40.6 Å². The number of benzene rings is 1. The molecule has 2 amide bonds. The van der Waals surface area contributed by atoms with Gasteiger partial charge in [-0.2, -0.15) is 0 Å². The zero-order chi connectivity index (χ0) is 19.8. The first-order valence-corrected chi connectivity index (χ1v) is 11.5. The molecule has 3 rings (SSSR count). The maximum absolute atomic E-state index is 12.6. The molecule has 0 spiro atoms. The molecule has 1 aromatic rings. The van der Waals surface area contributed by atoms with Gasteiger partial charge in [-0.25, -0.2) is 0 Å². The summed E-state index contributed by atoms with van der Waals surface area (Å²) in [6.45, 7) is 2.47. The molecule has 2 heterocycles. The van der Waals surface area contributed by atoms with Crippen LogP contribution in [0.5, 0.6) is 0 Å². The van der Waals surface area contributed by atoms with Crippen LogP contribution in [0.2, 0.25) is 0 Å². The van der Waals surface area contributed by atoms with Crippen LogP contribution in [-0.2, 0) is 9.59 Å². The highest BCUT2D eigenvalue weighted by atomic mass is 32.2. The number of hydrogen-bond donors (Lipinski definition) is 0. The summed E-state index contributed by atoms with van der Waals surface area (Å²) in [6, 6.07) is 9.83. The number of carbonyl (C=O) groups excluding carboxylic acids is 2. The number of likely N-dealkylation sites (tertiary alicyclic amines) is 1. The van der Waals surface area contributed by atoms with Gasteiger partial charge >= 0.3 is 0 Å². The lowest BCUT2D eigenvalue weighted by Crippen LogP contribution is -2.31. The molecule has 2 aliphatic heterocycles. The zero-order valence-electron chi connectivity index (χ0n) is 16.3. The third kappa shape index (κ3) is 5.92. The highest BCUT2D eigenvalue weighted by Crippen LogP contribution is 2.32. The Morgan fingerprint density at radius 3 is 2.46 bits per heavy atom. The molecule has 1 aromatic carbocycles. The van der Waals surface area contributed by atoms with Gasteiger partial charge < -0.3 is 4.90 Å². The van der Waals surface area contributed by atoms with E-state index in [0.29, 0.717) is 28.1 Å². The van der Waals surface area contributed by atoms with Gasteiger partial charge in [0.15, 0.2) is 0 Å². The molecule has 2 saturated heterocycles. The fourth-order valence-corrected chi connectivity index (χ4v) is 4.90. The Morgan fingerprint density at radius 2 is 1.75 bits per heavy atom. The van der Waals surface area contributed by atoms with Crippen LogP contribution < -0.4 is 0 Å². The van der Waals surface area contributed by atoms with E-state index >= 15 is 0 Å². The van der Waals surface area contributed by atoms with E-state index < -0.39 is 0 Å². The summed E-state index contributed by atoms with van der Waals surface area (Å²) in [7, 11) is 0. The van der Waals surface area contributed by atoms with Gasteiger partial charge in [-0.05, 0) is 37.3 Å². The Morgan fingerprint density at radius 1 is 1.04 bits per heavy atom. The summed E-state index contributed by atoms with van der Waals surface area (Å²) in [5, 5.41) is 0. The second-order valence-corrected chi connectivity index (χ2v) is 9.03. The third-order valence-corrected chi connectivity index (χ3v) is 6.58. The lowest BCUT2D eigenvalue weighted by Gasteiger charge is -2.20. The molecule has 4 nitrogen and oxygen atoms in total. The van der Waals surface area contributed by atoms with Crippen molar-refractivity contribution in [1.29, 1.82) is 0 Å². The molecule has 0 unspecified atom stereocenters. The maximum Gasteiger partial charge on any atom is 0.266 e. The largest absolute Gasteiger partial charge is 0.343 e. The second kappa shape index (κ2) is 10.8. The molecule has 0 bridgehead atoms. The molecular formula is C22H28N2O2S2. The number of hydrogen-bond acceptors (Lipinski definition) is 4. The Kier molecular flexibility index (Phi) is 8.10. The molecule has 150 valence electrons. The van der Waals surface area contributed by atoms with E-state index in [9.17, 15) is 9.59 Å². The van der Waals surface area contributed by atoms with Crippen molar-refractivity contribution in [2.75, 3.05) is 19.6 Å². The van der Waals surface area contributed by atoms with Crippen LogP contribution in [0, 0.1) is 0 Å². The van der Waals surface area contributed by atoms with Crippen molar-refractivity contribution in [3.05, 3.63) is 40.8 Å². The van der Waals surface area contributed by atoms with Gasteiger partial charge in [-0.1, -0.05) is 73.6 Å². The Labute approximate surface area is 177 Å². The van der Waals surface area contributed by atoms with Crippen LogP contribution in [0.1, 0.15) is 56.9 Å². The smallest absolute Gasteiger partial charge is 0.266 e. The SMILES string of the molecule is O=C(CCCCCN1C(=O)C(=Cc2ccccc2)SC1=S)N1CCCCCC1. The van der Waals surface area contributed by atoms with Crippen LogP contribution in [-0.4, -0.2) is 45.6 Å². The highest BCUT2D eigenvalue weighted by Gasteiger charge is 2.31. The van der Waals surface area contributed by atoms with E-state index in [1.54, 1.807) is 4.90 Å². The van der Waals surface area contributed by atoms with E-state index in [4.69, 9.17) is 12.2 Å². The minimum atomic E-state index is -0.000466. The third-order valence-electron chi connectivity index (χ3n) is 5.20. The second-order valence-electron chi connectivity index (χ2n) is 7.35. The van der Waals surface area contributed by atoms with Crippen LogP contribution in [0.4, 0.5) is 0 Å². The lowest BCUT2D eigenvalue weighted by atomic mass is 10.1. The van der Waals surface area contributed by atoms with Gasteiger partial charge in [0, 0.05) is 26.1 Å². The molecule has 2 fully saturated rings. The van der Waals surface area contributed by atoms with Gasteiger partial charge in [-0.3, -0.25) is 14.5 Å². The van der Waals surface area contributed by atoms with Crippen molar-refractivity contribution < 1.29 is 9.59 Å². The number of thiocarbonyl (C=S) groups is 1. The van der Waals surface area contributed by atoms with Crippen molar-refractivity contribution in [1.82, 2.24) is 9.80 Å². The standard InChI is InChI=1S/C22H28N2O2S2/c25-20(23-14-8-1-2-9-15-23)13-7-4-10-16-24-21(26)19(28-22(24)27)17-18-11-5-3-6-12-18/h3,5-6,11-12,17H,1-2,4,7-10,13-16H2. The molecule has 28 heavy (non-hydrogen) atoms. The number of unbranched alkanes of at least 4 members (excludes halogenated alkanes) is 2. The lowest BCUT2D eigenvalue weighted by molar-refractivity contribution is -0.131. The molecule has 0 atom stereocenters. The number of carbonyl (C=O) groups is 2. The molecule has 0 radical (unpaired) electrons. The minimum absolute atomic E-state index is 0.000466. The van der Waals surface area contributed by atoms with Crippen molar-refractivity contribution in [3.63, 3.8) is 0 Å². The van der Waals surface area contributed by atoms with Crippen LogP contribution in [0.3, 0.4) is 0 Å². The first-order valence-electron chi connectivity index (χ1n) is 10.2. The predicted molar refractivity (Wildman–Crippen MR) is 120 cm³/mol. The molecule has 0 aliphatic carbocycles. The first-order chi connectivity index (χ1) is 13.6. The van der Waals surface area contributed by atoms with E-state index in [-0.39, 0.29) is 5.91 Å². The minimum Gasteiger partial charge on any atom is -0.343 e. The Bertz CT molecular complexity index is 725. The molecule has 0 saturated carbocycles. The molecule has 0 N–H and O–H groups in total. The van der Waals surface area contributed by atoms with Crippen molar-refractivity contribution in [2.24, 2.45) is 0 Å². The van der Waals surface area contributed by atoms with Crippen LogP contribution in [0.25, 0.3) is 6.08 Å². The summed E-state index contributed by atoms with van der Waals surface area (Å²) in [5.74, 6) is 0.290. The molecular weight excluding hydrogens is 388 g/mol. The summed E-state index contributed by atoms with van der Waals surface area (Å²) in [4.78, 5) is 29.4. The zero-order valence-corrected chi connectivity index (χ0v) is 17.9. The van der Waals surface area contributed by atoms with E-state index in [1.807, 2.05) is 41.3 Å². The average molecular weight is 417 g/mol. The normalized spacial score (nSPS) is 19.4. The maximum atomic E-state index is 12.6. The number of amides is 2. The molecule has 6 heteroatoms. The van der Waals surface area contributed by atoms with E-state index in [0.717, 1.165) is 50.8 Å². The summed E-state index contributed by atoms with van der Waals surface area (Å²) >= 11 is 6.77. The van der Waals surface area contributed by atoms with Crippen molar-refractivity contribution >= 4 is 46.2 Å². The van der Waals surface area contributed by atoms with Gasteiger partial charge in [0.2, 0.25) is 5.91 Å². The van der Waals surface area contributed by atoms with Crippen LogP contribution >= 0.6 is 24.0 Å².